The summed E-state index contributed by atoms with van der Waals surface area (Å²) < 4.78 is 35.1. The fourth-order valence-corrected chi connectivity index (χ4v) is 3.45. The van der Waals surface area contributed by atoms with E-state index in [-0.39, 0.29) is 22.4 Å². The second-order valence-corrected chi connectivity index (χ2v) is 9.12. The van der Waals surface area contributed by atoms with Crippen LogP contribution < -0.4 is 10.1 Å². The maximum absolute atomic E-state index is 12.6. The molecule has 0 atom stereocenters. The lowest BCUT2D eigenvalue weighted by Crippen LogP contribution is -2.42. The van der Waals surface area contributed by atoms with Gasteiger partial charge in [0.2, 0.25) is 0 Å². The van der Waals surface area contributed by atoms with Crippen LogP contribution in [-0.2, 0) is 14.6 Å². The number of halogens is 1. The second-order valence-electron chi connectivity index (χ2n) is 6.70. The molecular weight excluding hydrogens is 418 g/mol. The van der Waals surface area contributed by atoms with Crippen molar-refractivity contribution in [2.45, 2.75) is 24.3 Å². The standard InChI is InChI=1S/C19H18ClN3O5S/c1-19(2,28-13-10-8-12(20)9-11-13)17(24)21-18-23-22-16(27-18)14-6-4-5-7-15(14)29(3,25)26/h4-11H,1-3H3,(H,21,23,24). The van der Waals surface area contributed by atoms with Crippen LogP contribution in [0.15, 0.2) is 57.8 Å². The highest BCUT2D eigenvalue weighted by atomic mass is 35.5. The molecule has 8 nitrogen and oxygen atoms in total. The highest BCUT2D eigenvalue weighted by Gasteiger charge is 2.31. The Balaban J connectivity index is 1.78. The van der Waals surface area contributed by atoms with Gasteiger partial charge in [-0.1, -0.05) is 28.8 Å². The van der Waals surface area contributed by atoms with Crippen molar-refractivity contribution < 1.29 is 22.4 Å². The van der Waals surface area contributed by atoms with Crippen molar-refractivity contribution in [3.8, 4) is 17.2 Å². The molecule has 1 N–H and O–H groups in total. The highest BCUT2D eigenvalue weighted by Crippen LogP contribution is 2.28. The van der Waals surface area contributed by atoms with Gasteiger partial charge in [0.25, 0.3) is 11.8 Å². The van der Waals surface area contributed by atoms with E-state index < -0.39 is 21.3 Å². The zero-order chi connectivity index (χ0) is 21.2. The smallest absolute Gasteiger partial charge is 0.322 e. The summed E-state index contributed by atoms with van der Waals surface area (Å²) in [6, 6.07) is 12.6. The van der Waals surface area contributed by atoms with E-state index in [4.69, 9.17) is 20.8 Å². The first kappa shape index (κ1) is 20.8. The predicted molar refractivity (Wildman–Crippen MR) is 108 cm³/mol. The summed E-state index contributed by atoms with van der Waals surface area (Å²) in [5.74, 6) is -0.0975. The zero-order valence-corrected chi connectivity index (χ0v) is 17.4. The van der Waals surface area contributed by atoms with Crippen LogP contribution in [0.4, 0.5) is 6.01 Å². The number of benzene rings is 2. The van der Waals surface area contributed by atoms with Gasteiger partial charge < -0.3 is 9.15 Å². The van der Waals surface area contributed by atoms with Gasteiger partial charge in [-0.2, -0.15) is 0 Å². The average molecular weight is 436 g/mol. The number of hydrogen-bond acceptors (Lipinski definition) is 7. The number of sulfone groups is 1. The Kier molecular flexibility index (Phi) is 5.63. The first-order valence-electron chi connectivity index (χ1n) is 8.45. The number of amides is 1. The molecule has 0 saturated heterocycles. The molecule has 3 aromatic rings. The number of hydrogen-bond donors (Lipinski definition) is 1. The Morgan fingerprint density at radius 2 is 1.76 bits per heavy atom. The number of carbonyl (C=O) groups is 1. The number of aromatic nitrogens is 2. The average Bonchev–Trinajstić information content (AvgIpc) is 3.11. The van der Waals surface area contributed by atoms with E-state index >= 15 is 0 Å². The van der Waals surface area contributed by atoms with Crippen LogP contribution in [0, 0.1) is 0 Å². The van der Waals surface area contributed by atoms with Gasteiger partial charge in [0.15, 0.2) is 15.4 Å². The third kappa shape index (κ3) is 4.93. The molecule has 1 heterocycles. The molecular formula is C19H18ClN3O5S. The van der Waals surface area contributed by atoms with Gasteiger partial charge in [-0.15, -0.1) is 5.10 Å². The molecule has 0 aliphatic rings. The summed E-state index contributed by atoms with van der Waals surface area (Å²) in [5.41, 5.74) is -1.01. The first-order valence-corrected chi connectivity index (χ1v) is 10.7. The SMILES string of the molecule is CC(C)(Oc1ccc(Cl)cc1)C(=O)Nc1nnc(-c2ccccc2S(C)(=O)=O)o1. The Labute approximate surface area is 172 Å². The van der Waals surface area contributed by atoms with Crippen LogP contribution in [0.3, 0.4) is 0 Å². The van der Waals surface area contributed by atoms with E-state index in [1.807, 2.05) is 0 Å². The normalized spacial score (nSPS) is 11.9. The van der Waals surface area contributed by atoms with E-state index in [0.29, 0.717) is 10.8 Å². The van der Waals surface area contributed by atoms with Crippen molar-refractivity contribution in [2.75, 3.05) is 11.6 Å². The van der Waals surface area contributed by atoms with Gasteiger partial charge in [0.05, 0.1) is 10.5 Å². The Morgan fingerprint density at radius 3 is 2.41 bits per heavy atom. The lowest BCUT2D eigenvalue weighted by atomic mass is 10.1. The number of anilines is 1. The summed E-state index contributed by atoms with van der Waals surface area (Å²) in [7, 11) is -3.50. The molecule has 2 aromatic carbocycles. The fourth-order valence-electron chi connectivity index (χ4n) is 2.44. The molecule has 0 spiro atoms. The molecule has 0 bridgehead atoms. The molecule has 0 fully saturated rings. The minimum Gasteiger partial charge on any atom is -0.478 e. The molecule has 0 unspecified atom stereocenters. The van der Waals surface area contributed by atoms with Crippen molar-refractivity contribution in [2.24, 2.45) is 0 Å². The molecule has 0 saturated carbocycles. The third-order valence-electron chi connectivity index (χ3n) is 3.90. The lowest BCUT2D eigenvalue weighted by molar-refractivity contribution is -0.128. The number of nitrogens with one attached hydrogen (secondary N) is 1. The molecule has 3 rings (SSSR count). The zero-order valence-electron chi connectivity index (χ0n) is 15.8. The van der Waals surface area contributed by atoms with Crippen molar-refractivity contribution in [3.05, 3.63) is 53.6 Å². The van der Waals surface area contributed by atoms with Crippen LogP contribution in [-0.4, -0.2) is 36.4 Å². The molecule has 0 aliphatic carbocycles. The van der Waals surface area contributed by atoms with Crippen molar-refractivity contribution in [1.82, 2.24) is 10.2 Å². The summed E-state index contributed by atoms with van der Waals surface area (Å²) in [4.78, 5) is 12.6. The number of ether oxygens (including phenoxy) is 1. The van der Waals surface area contributed by atoms with E-state index in [1.54, 1.807) is 56.3 Å². The molecule has 1 amide bonds. The predicted octanol–water partition coefficient (Wildman–Crippen LogP) is 3.59. The Hall–Kier alpha value is -2.91. The van der Waals surface area contributed by atoms with Crippen LogP contribution in [0.5, 0.6) is 5.75 Å². The Morgan fingerprint density at radius 1 is 1.10 bits per heavy atom. The van der Waals surface area contributed by atoms with E-state index in [2.05, 4.69) is 15.5 Å². The summed E-state index contributed by atoms with van der Waals surface area (Å²) in [6.45, 7) is 3.15. The van der Waals surface area contributed by atoms with E-state index in [1.165, 1.54) is 6.07 Å². The quantitative estimate of drug-likeness (QED) is 0.629. The van der Waals surface area contributed by atoms with Gasteiger partial charge in [-0.3, -0.25) is 10.1 Å². The first-order chi connectivity index (χ1) is 13.6. The molecule has 0 aliphatic heterocycles. The van der Waals surface area contributed by atoms with E-state index in [9.17, 15) is 13.2 Å². The molecule has 29 heavy (non-hydrogen) atoms. The van der Waals surface area contributed by atoms with Gasteiger partial charge in [-0.05, 0) is 50.2 Å². The number of carbonyl (C=O) groups excluding carboxylic acids is 1. The largest absolute Gasteiger partial charge is 0.478 e. The summed E-state index contributed by atoms with van der Waals surface area (Å²) in [6.07, 6.45) is 1.08. The molecule has 0 radical (unpaired) electrons. The lowest BCUT2D eigenvalue weighted by Gasteiger charge is -2.24. The number of nitrogens with zero attached hydrogens (tertiary/aromatic N) is 2. The minimum atomic E-state index is -3.50. The maximum Gasteiger partial charge on any atom is 0.322 e. The topological polar surface area (TPSA) is 111 Å². The Bertz CT molecular complexity index is 1140. The molecule has 10 heteroatoms. The van der Waals surface area contributed by atoms with Gasteiger partial charge in [0, 0.05) is 11.3 Å². The van der Waals surface area contributed by atoms with Crippen LogP contribution >= 0.6 is 11.6 Å². The van der Waals surface area contributed by atoms with Crippen molar-refractivity contribution in [1.29, 1.82) is 0 Å². The van der Waals surface area contributed by atoms with Crippen molar-refractivity contribution in [3.63, 3.8) is 0 Å². The van der Waals surface area contributed by atoms with Gasteiger partial charge in [0.1, 0.15) is 5.75 Å². The third-order valence-corrected chi connectivity index (χ3v) is 5.30. The second kappa shape index (κ2) is 7.84. The minimum absolute atomic E-state index is 0.0299. The fraction of sp³-hybridized carbons (Fsp3) is 0.211. The van der Waals surface area contributed by atoms with Crippen LogP contribution in [0.2, 0.25) is 5.02 Å². The van der Waals surface area contributed by atoms with Gasteiger partial charge in [-0.25, -0.2) is 8.42 Å². The number of rotatable bonds is 6. The van der Waals surface area contributed by atoms with Crippen LogP contribution in [0.1, 0.15) is 13.8 Å². The van der Waals surface area contributed by atoms with Crippen LogP contribution in [0.25, 0.3) is 11.5 Å². The molecule has 152 valence electrons. The highest BCUT2D eigenvalue weighted by molar-refractivity contribution is 7.90. The summed E-state index contributed by atoms with van der Waals surface area (Å²) >= 11 is 5.84. The van der Waals surface area contributed by atoms with E-state index in [0.717, 1.165) is 6.26 Å². The maximum atomic E-state index is 12.6. The van der Waals surface area contributed by atoms with Crippen molar-refractivity contribution >= 4 is 33.4 Å². The summed E-state index contributed by atoms with van der Waals surface area (Å²) in [5, 5.41) is 10.6. The monoisotopic (exact) mass is 435 g/mol. The molecule has 1 aromatic heterocycles. The van der Waals surface area contributed by atoms with Gasteiger partial charge >= 0.3 is 6.01 Å².